The van der Waals surface area contributed by atoms with E-state index in [0.717, 1.165) is 19.5 Å². The van der Waals surface area contributed by atoms with Crippen molar-refractivity contribution in [3.63, 3.8) is 0 Å². The van der Waals surface area contributed by atoms with E-state index >= 15 is 0 Å². The highest BCUT2D eigenvalue weighted by Gasteiger charge is 2.41. The van der Waals surface area contributed by atoms with E-state index in [2.05, 4.69) is 16.7 Å². The molecule has 3 rings (SSSR count). The van der Waals surface area contributed by atoms with Gasteiger partial charge in [-0.1, -0.05) is 6.07 Å². The number of sulfonamides is 1. The smallest absolute Gasteiger partial charge is 0.253 e. The van der Waals surface area contributed by atoms with Crippen LogP contribution in [-0.4, -0.2) is 76.6 Å². The monoisotopic (exact) mass is 381 g/mol. The van der Waals surface area contributed by atoms with E-state index in [1.807, 2.05) is 11.8 Å². The zero-order chi connectivity index (χ0) is 18.7. The van der Waals surface area contributed by atoms with Crippen LogP contribution in [0, 0.1) is 5.92 Å². The first kappa shape index (κ1) is 19.3. The SMILES string of the molecule is CCOCCNS(=O)(=O)c1cccc(C(=O)N2C[C@H]3CCN(C)[C@H]3C2)c1. The Morgan fingerprint density at radius 3 is 2.88 bits per heavy atom. The van der Waals surface area contributed by atoms with Gasteiger partial charge in [-0.15, -0.1) is 0 Å². The van der Waals surface area contributed by atoms with Crippen LogP contribution >= 0.6 is 0 Å². The minimum Gasteiger partial charge on any atom is -0.380 e. The number of hydrogen-bond donors (Lipinski definition) is 1. The maximum Gasteiger partial charge on any atom is 0.253 e. The normalized spacial score (nSPS) is 23.4. The molecule has 8 heteroatoms. The van der Waals surface area contributed by atoms with Gasteiger partial charge in [0.05, 0.1) is 11.5 Å². The number of likely N-dealkylation sites (N-methyl/N-ethyl adjacent to an activating group) is 1. The van der Waals surface area contributed by atoms with Crippen molar-refractivity contribution >= 4 is 15.9 Å². The molecule has 1 amide bonds. The van der Waals surface area contributed by atoms with Gasteiger partial charge in [-0.05, 0) is 51.1 Å². The molecule has 7 nitrogen and oxygen atoms in total. The Bertz CT molecular complexity index is 753. The average Bonchev–Trinajstić information content (AvgIpc) is 3.20. The fraction of sp³-hybridized carbons (Fsp3) is 0.611. The minimum absolute atomic E-state index is 0.0980. The number of rotatable bonds is 7. The van der Waals surface area contributed by atoms with E-state index in [-0.39, 0.29) is 17.3 Å². The van der Waals surface area contributed by atoms with Crippen LogP contribution in [0.15, 0.2) is 29.2 Å². The fourth-order valence-corrected chi connectivity index (χ4v) is 4.85. The number of fused-ring (bicyclic) bond motifs is 1. The summed E-state index contributed by atoms with van der Waals surface area (Å²) in [5.74, 6) is 0.426. The van der Waals surface area contributed by atoms with Crippen molar-refractivity contribution in [2.75, 3.05) is 46.4 Å². The number of carbonyl (C=O) groups excluding carboxylic acids is 1. The van der Waals surface area contributed by atoms with Crippen LogP contribution in [-0.2, 0) is 14.8 Å². The first-order valence-electron chi connectivity index (χ1n) is 9.09. The molecule has 2 saturated heterocycles. The molecule has 0 unspecified atom stereocenters. The molecule has 1 aromatic rings. The van der Waals surface area contributed by atoms with Crippen molar-refractivity contribution in [2.45, 2.75) is 24.3 Å². The van der Waals surface area contributed by atoms with Crippen molar-refractivity contribution < 1.29 is 17.9 Å². The van der Waals surface area contributed by atoms with E-state index in [9.17, 15) is 13.2 Å². The summed E-state index contributed by atoms with van der Waals surface area (Å²) >= 11 is 0. The summed E-state index contributed by atoms with van der Waals surface area (Å²) in [6.07, 6.45) is 1.11. The molecular formula is C18H27N3O4S. The summed E-state index contributed by atoms with van der Waals surface area (Å²) in [6.45, 7) is 5.46. The zero-order valence-corrected chi connectivity index (χ0v) is 16.2. The van der Waals surface area contributed by atoms with Crippen LogP contribution in [0.1, 0.15) is 23.7 Å². The lowest BCUT2D eigenvalue weighted by Gasteiger charge is -2.21. The van der Waals surface area contributed by atoms with Crippen LogP contribution < -0.4 is 4.72 Å². The van der Waals surface area contributed by atoms with Gasteiger partial charge in [-0.3, -0.25) is 4.79 Å². The molecule has 2 fully saturated rings. The Labute approximate surface area is 155 Å². The number of amides is 1. The van der Waals surface area contributed by atoms with Gasteiger partial charge in [0, 0.05) is 37.8 Å². The molecule has 1 aromatic carbocycles. The zero-order valence-electron chi connectivity index (χ0n) is 15.3. The molecular weight excluding hydrogens is 354 g/mol. The lowest BCUT2D eigenvalue weighted by molar-refractivity contribution is 0.0774. The Hall–Kier alpha value is -1.48. The number of likely N-dealkylation sites (tertiary alicyclic amines) is 2. The van der Waals surface area contributed by atoms with Crippen molar-refractivity contribution in [1.82, 2.24) is 14.5 Å². The van der Waals surface area contributed by atoms with Gasteiger partial charge in [0.25, 0.3) is 5.91 Å². The minimum atomic E-state index is -3.65. The summed E-state index contributed by atoms with van der Waals surface area (Å²) in [4.78, 5) is 17.1. The van der Waals surface area contributed by atoms with Crippen LogP contribution in [0.4, 0.5) is 0 Å². The largest absolute Gasteiger partial charge is 0.380 e. The number of carbonyl (C=O) groups is 1. The van der Waals surface area contributed by atoms with E-state index in [4.69, 9.17) is 4.74 Å². The molecule has 2 aliphatic heterocycles. The van der Waals surface area contributed by atoms with Gasteiger partial charge in [0.15, 0.2) is 0 Å². The predicted octanol–water partition coefficient (Wildman–Crippen LogP) is 0.778. The molecule has 0 aliphatic carbocycles. The molecule has 0 bridgehead atoms. The van der Waals surface area contributed by atoms with E-state index in [1.165, 1.54) is 12.1 Å². The highest BCUT2D eigenvalue weighted by Crippen LogP contribution is 2.31. The molecule has 0 radical (unpaired) electrons. The number of benzene rings is 1. The Morgan fingerprint density at radius 2 is 2.15 bits per heavy atom. The topological polar surface area (TPSA) is 78.9 Å². The van der Waals surface area contributed by atoms with Gasteiger partial charge in [-0.2, -0.15) is 0 Å². The Kier molecular flexibility index (Phi) is 5.96. The summed E-state index contributed by atoms with van der Waals surface area (Å²) in [5, 5.41) is 0. The predicted molar refractivity (Wildman–Crippen MR) is 98.6 cm³/mol. The highest BCUT2D eigenvalue weighted by molar-refractivity contribution is 7.89. The summed E-state index contributed by atoms with van der Waals surface area (Å²) in [7, 11) is -1.56. The second-order valence-electron chi connectivity index (χ2n) is 6.93. The quantitative estimate of drug-likeness (QED) is 0.706. The van der Waals surface area contributed by atoms with Crippen LogP contribution in [0.25, 0.3) is 0 Å². The van der Waals surface area contributed by atoms with Crippen LogP contribution in [0.2, 0.25) is 0 Å². The molecule has 0 saturated carbocycles. The standard InChI is InChI=1S/C18H27N3O4S/c1-3-25-10-8-19-26(23,24)16-6-4-5-14(11-16)18(22)21-12-15-7-9-20(2)17(15)13-21/h4-6,11,15,17,19H,3,7-10,12-13H2,1-2H3/t15-,17+/m1/s1. The first-order chi connectivity index (χ1) is 12.4. The fourth-order valence-electron chi connectivity index (χ4n) is 3.79. The third-order valence-electron chi connectivity index (χ3n) is 5.25. The maximum absolute atomic E-state index is 12.8. The second kappa shape index (κ2) is 8.04. The molecule has 0 spiro atoms. The highest BCUT2D eigenvalue weighted by atomic mass is 32.2. The van der Waals surface area contributed by atoms with Crippen LogP contribution in [0.5, 0.6) is 0 Å². The maximum atomic E-state index is 12.8. The third kappa shape index (κ3) is 4.09. The van der Waals surface area contributed by atoms with Gasteiger partial charge in [-0.25, -0.2) is 13.1 Å². The van der Waals surface area contributed by atoms with Crippen molar-refractivity contribution in [2.24, 2.45) is 5.92 Å². The van der Waals surface area contributed by atoms with Crippen molar-refractivity contribution in [3.05, 3.63) is 29.8 Å². The molecule has 1 N–H and O–H groups in total. The Balaban J connectivity index is 1.68. The number of nitrogens with one attached hydrogen (secondary N) is 1. The summed E-state index contributed by atoms with van der Waals surface area (Å²) in [6, 6.07) is 6.69. The lowest BCUT2D eigenvalue weighted by Crippen LogP contribution is -2.35. The number of ether oxygens (including phenoxy) is 1. The van der Waals surface area contributed by atoms with Crippen molar-refractivity contribution in [1.29, 1.82) is 0 Å². The van der Waals surface area contributed by atoms with Gasteiger partial charge < -0.3 is 14.5 Å². The lowest BCUT2D eigenvalue weighted by atomic mass is 10.1. The van der Waals surface area contributed by atoms with Gasteiger partial charge in [0.1, 0.15) is 0 Å². The molecule has 0 aromatic heterocycles. The van der Waals surface area contributed by atoms with Gasteiger partial charge >= 0.3 is 0 Å². The van der Waals surface area contributed by atoms with Gasteiger partial charge in [0.2, 0.25) is 10.0 Å². The summed E-state index contributed by atoms with van der Waals surface area (Å²) < 4.78 is 32.4. The summed E-state index contributed by atoms with van der Waals surface area (Å²) in [5.41, 5.74) is 0.417. The molecule has 2 atom stereocenters. The van der Waals surface area contributed by atoms with Crippen LogP contribution in [0.3, 0.4) is 0 Å². The van der Waals surface area contributed by atoms with E-state index in [0.29, 0.717) is 37.3 Å². The average molecular weight is 381 g/mol. The Morgan fingerprint density at radius 1 is 1.35 bits per heavy atom. The van der Waals surface area contributed by atoms with Crippen molar-refractivity contribution in [3.8, 4) is 0 Å². The third-order valence-corrected chi connectivity index (χ3v) is 6.71. The molecule has 26 heavy (non-hydrogen) atoms. The molecule has 2 heterocycles. The molecule has 2 aliphatic rings. The first-order valence-corrected chi connectivity index (χ1v) is 10.6. The number of hydrogen-bond acceptors (Lipinski definition) is 5. The number of nitrogens with zero attached hydrogens (tertiary/aromatic N) is 2. The van der Waals surface area contributed by atoms with E-state index in [1.54, 1.807) is 12.1 Å². The molecule has 144 valence electrons. The van der Waals surface area contributed by atoms with E-state index < -0.39 is 10.0 Å². The second-order valence-corrected chi connectivity index (χ2v) is 8.70.